The van der Waals surface area contributed by atoms with Crippen LogP contribution in [0, 0.1) is 0 Å². The molecule has 0 bridgehead atoms. The fraction of sp³-hybridized carbons (Fsp3) is 0.667. The van der Waals surface area contributed by atoms with Crippen LogP contribution in [0.15, 0.2) is 0 Å². The molecule has 1 rings (SSSR count). The summed E-state index contributed by atoms with van der Waals surface area (Å²) in [6.07, 6.45) is 0.317. The summed E-state index contributed by atoms with van der Waals surface area (Å²) in [5.41, 5.74) is -1.06. The van der Waals surface area contributed by atoms with Crippen LogP contribution in [0.4, 0.5) is 4.79 Å². The Morgan fingerprint density at radius 3 is 2.40 bits per heavy atom. The normalized spacial score (nSPS) is 17.1. The minimum Gasteiger partial charge on any atom is -0.481 e. The Bertz CT molecular complexity index is 446. The molecule has 0 aromatic heterocycles. The zero-order valence-corrected chi connectivity index (χ0v) is 11.8. The van der Waals surface area contributed by atoms with Crippen molar-refractivity contribution in [3.8, 4) is 0 Å². The number of rotatable bonds is 6. The molecule has 0 radical (unpaired) electrons. The van der Waals surface area contributed by atoms with Crippen LogP contribution in [0.3, 0.4) is 0 Å². The van der Waals surface area contributed by atoms with Crippen LogP contribution in [0.1, 0.15) is 26.7 Å². The average molecular weight is 285 g/mol. The van der Waals surface area contributed by atoms with Gasteiger partial charge in [-0.15, -0.1) is 0 Å². The first-order valence-corrected chi connectivity index (χ1v) is 6.25. The summed E-state index contributed by atoms with van der Waals surface area (Å²) < 4.78 is 0. The van der Waals surface area contributed by atoms with Gasteiger partial charge in [-0.25, -0.2) is 4.79 Å². The Kier molecular flexibility index (Phi) is 4.69. The number of amides is 4. The Labute approximate surface area is 116 Å². The van der Waals surface area contributed by atoms with Crippen molar-refractivity contribution in [1.29, 1.82) is 0 Å². The summed E-state index contributed by atoms with van der Waals surface area (Å²) in [5.74, 6) is -1.70. The highest BCUT2D eigenvalue weighted by Gasteiger charge is 2.46. The second-order valence-corrected chi connectivity index (χ2v) is 5.22. The Morgan fingerprint density at radius 2 is 1.95 bits per heavy atom. The number of aliphatic carboxylic acids is 1. The number of nitrogens with zero attached hydrogens (tertiary/aromatic N) is 2. The van der Waals surface area contributed by atoms with Gasteiger partial charge in [-0.05, 0) is 20.3 Å². The maximum Gasteiger partial charge on any atom is 0.325 e. The van der Waals surface area contributed by atoms with Crippen molar-refractivity contribution < 1.29 is 24.3 Å². The Morgan fingerprint density at radius 1 is 1.35 bits per heavy atom. The van der Waals surface area contributed by atoms with Crippen LogP contribution in [0.25, 0.3) is 0 Å². The highest BCUT2D eigenvalue weighted by molar-refractivity contribution is 6.07. The monoisotopic (exact) mass is 285 g/mol. The molecule has 0 aromatic rings. The van der Waals surface area contributed by atoms with Crippen molar-refractivity contribution in [2.24, 2.45) is 0 Å². The number of nitrogens with one attached hydrogen (secondary N) is 1. The third kappa shape index (κ3) is 3.46. The lowest BCUT2D eigenvalue weighted by Crippen LogP contribution is -2.49. The molecule has 8 nitrogen and oxygen atoms in total. The van der Waals surface area contributed by atoms with Gasteiger partial charge in [0.2, 0.25) is 5.91 Å². The molecule has 112 valence electrons. The van der Waals surface area contributed by atoms with Crippen molar-refractivity contribution in [2.75, 3.05) is 20.1 Å². The molecule has 0 unspecified atom stereocenters. The van der Waals surface area contributed by atoms with Crippen LogP contribution >= 0.6 is 0 Å². The minimum atomic E-state index is -1.06. The summed E-state index contributed by atoms with van der Waals surface area (Å²) in [7, 11) is 1.53. The summed E-state index contributed by atoms with van der Waals surface area (Å²) in [5, 5.41) is 10.7. The van der Waals surface area contributed by atoms with Crippen LogP contribution in [-0.4, -0.2) is 64.4 Å². The minimum absolute atomic E-state index is 0.0220. The van der Waals surface area contributed by atoms with Crippen molar-refractivity contribution >= 4 is 23.8 Å². The van der Waals surface area contributed by atoms with E-state index in [2.05, 4.69) is 5.32 Å². The van der Waals surface area contributed by atoms with E-state index in [9.17, 15) is 19.2 Å². The average Bonchev–Trinajstić information content (AvgIpc) is 2.51. The van der Waals surface area contributed by atoms with E-state index >= 15 is 0 Å². The van der Waals surface area contributed by atoms with E-state index in [-0.39, 0.29) is 25.4 Å². The molecule has 0 aliphatic carbocycles. The lowest BCUT2D eigenvalue weighted by molar-refractivity contribution is -0.138. The molecule has 4 amide bonds. The molecule has 0 saturated carbocycles. The maximum absolute atomic E-state index is 12.0. The van der Waals surface area contributed by atoms with Crippen molar-refractivity contribution in [3.05, 3.63) is 0 Å². The smallest absolute Gasteiger partial charge is 0.325 e. The summed E-state index contributed by atoms with van der Waals surface area (Å²) in [4.78, 5) is 48.0. The summed E-state index contributed by atoms with van der Waals surface area (Å²) in [6.45, 7) is 3.19. The largest absolute Gasteiger partial charge is 0.481 e. The predicted molar refractivity (Wildman–Crippen MR) is 68.8 cm³/mol. The number of hydrogen-bond donors (Lipinski definition) is 2. The Hall–Kier alpha value is -2.12. The topological polar surface area (TPSA) is 107 Å². The standard InChI is InChI=1S/C12H19N3O5/c1-12(2)10(19)13-11(20)15(12)7-8(16)14(3)6-4-5-9(17)18/h4-7H2,1-3H3,(H,17,18)(H,13,19,20). The second kappa shape index (κ2) is 5.89. The van der Waals surface area contributed by atoms with E-state index in [4.69, 9.17) is 5.11 Å². The number of carbonyl (C=O) groups excluding carboxylic acids is 3. The zero-order chi connectivity index (χ0) is 15.5. The zero-order valence-electron chi connectivity index (χ0n) is 11.8. The van der Waals surface area contributed by atoms with Crippen LogP contribution < -0.4 is 5.32 Å². The van der Waals surface area contributed by atoms with E-state index in [1.165, 1.54) is 16.8 Å². The quantitative estimate of drug-likeness (QED) is 0.648. The van der Waals surface area contributed by atoms with Gasteiger partial charge in [0.15, 0.2) is 0 Å². The number of likely N-dealkylation sites (N-methyl/N-ethyl adjacent to an activating group) is 1. The van der Waals surface area contributed by atoms with E-state index in [1.54, 1.807) is 13.8 Å². The van der Waals surface area contributed by atoms with Gasteiger partial charge in [-0.3, -0.25) is 19.7 Å². The predicted octanol–water partition coefficient (Wildman–Crippen LogP) is -0.360. The first-order chi connectivity index (χ1) is 9.16. The molecule has 0 atom stereocenters. The van der Waals surface area contributed by atoms with Crippen LogP contribution in [0.2, 0.25) is 0 Å². The van der Waals surface area contributed by atoms with Crippen LogP contribution in [0.5, 0.6) is 0 Å². The van der Waals surface area contributed by atoms with Gasteiger partial charge in [-0.1, -0.05) is 0 Å². The van der Waals surface area contributed by atoms with E-state index in [1.807, 2.05) is 0 Å². The van der Waals surface area contributed by atoms with Gasteiger partial charge < -0.3 is 14.9 Å². The van der Waals surface area contributed by atoms with E-state index in [0.717, 1.165) is 0 Å². The summed E-state index contributed by atoms with van der Waals surface area (Å²) >= 11 is 0. The molecule has 2 N–H and O–H groups in total. The first-order valence-electron chi connectivity index (χ1n) is 6.25. The molecule has 1 aliphatic heterocycles. The van der Waals surface area contributed by atoms with E-state index < -0.39 is 23.4 Å². The number of urea groups is 1. The Balaban J connectivity index is 2.55. The van der Waals surface area contributed by atoms with Gasteiger partial charge in [-0.2, -0.15) is 0 Å². The van der Waals surface area contributed by atoms with Gasteiger partial charge in [0.25, 0.3) is 5.91 Å². The highest BCUT2D eigenvalue weighted by atomic mass is 16.4. The number of carboxylic acid groups (broad SMARTS) is 1. The fourth-order valence-electron chi connectivity index (χ4n) is 1.81. The molecule has 1 heterocycles. The van der Waals surface area contributed by atoms with E-state index in [0.29, 0.717) is 6.42 Å². The molecular weight excluding hydrogens is 266 g/mol. The van der Waals surface area contributed by atoms with Crippen molar-refractivity contribution in [2.45, 2.75) is 32.2 Å². The number of hydrogen-bond acceptors (Lipinski definition) is 4. The molecule has 1 aliphatic rings. The number of carboxylic acids is 1. The second-order valence-electron chi connectivity index (χ2n) is 5.22. The fourth-order valence-corrected chi connectivity index (χ4v) is 1.81. The van der Waals surface area contributed by atoms with Gasteiger partial charge >= 0.3 is 12.0 Å². The molecule has 0 spiro atoms. The maximum atomic E-state index is 12.0. The van der Waals surface area contributed by atoms with Crippen molar-refractivity contribution in [1.82, 2.24) is 15.1 Å². The number of carbonyl (C=O) groups is 4. The highest BCUT2D eigenvalue weighted by Crippen LogP contribution is 2.20. The molecule has 20 heavy (non-hydrogen) atoms. The van der Waals surface area contributed by atoms with Crippen molar-refractivity contribution in [3.63, 3.8) is 0 Å². The van der Waals surface area contributed by atoms with Gasteiger partial charge in [0.05, 0.1) is 0 Å². The third-order valence-electron chi connectivity index (χ3n) is 3.30. The molecule has 1 saturated heterocycles. The first kappa shape index (κ1) is 15.9. The molecule has 1 fully saturated rings. The third-order valence-corrected chi connectivity index (χ3v) is 3.30. The number of imide groups is 1. The lowest BCUT2D eigenvalue weighted by atomic mass is 10.0. The lowest BCUT2D eigenvalue weighted by Gasteiger charge is -2.29. The molecular formula is C12H19N3O5. The van der Waals surface area contributed by atoms with Crippen LogP contribution in [-0.2, 0) is 14.4 Å². The SMILES string of the molecule is CN(CCCC(=O)O)C(=O)CN1C(=O)NC(=O)C1(C)C. The van der Waals surface area contributed by atoms with Gasteiger partial charge in [0.1, 0.15) is 12.1 Å². The van der Waals surface area contributed by atoms with Gasteiger partial charge in [0, 0.05) is 20.0 Å². The summed E-state index contributed by atoms with van der Waals surface area (Å²) in [6, 6.07) is -0.590. The molecule has 8 heteroatoms. The molecule has 0 aromatic carbocycles.